The average Bonchev–Trinajstić information content (AvgIpc) is 3.07. The Morgan fingerprint density at radius 2 is 2.19 bits per heavy atom. The van der Waals surface area contributed by atoms with Gasteiger partial charge in [-0.25, -0.2) is 12.7 Å². The molecule has 1 aromatic heterocycles. The zero-order valence-electron chi connectivity index (χ0n) is 12.2. The van der Waals surface area contributed by atoms with Crippen LogP contribution in [0.3, 0.4) is 0 Å². The van der Waals surface area contributed by atoms with Crippen LogP contribution in [-0.2, 0) is 21.4 Å². The van der Waals surface area contributed by atoms with Crippen molar-refractivity contribution in [2.24, 2.45) is 5.92 Å². The number of nitrogens with one attached hydrogen (secondary N) is 1. The molecule has 1 N–H and O–H groups in total. The molecule has 116 valence electrons. The quantitative estimate of drug-likeness (QED) is 0.812. The Balaban J connectivity index is 1.88. The summed E-state index contributed by atoms with van der Waals surface area (Å²) >= 11 is 1.19. The third-order valence-electron chi connectivity index (χ3n) is 3.39. The third-order valence-corrected chi connectivity index (χ3v) is 6.76. The number of amides is 1. The summed E-state index contributed by atoms with van der Waals surface area (Å²) in [6, 6.07) is 3.33. The van der Waals surface area contributed by atoms with E-state index < -0.39 is 10.0 Å². The lowest BCUT2D eigenvalue weighted by molar-refractivity contribution is -0.121. The van der Waals surface area contributed by atoms with Crippen molar-refractivity contribution in [2.75, 3.05) is 14.1 Å². The molecule has 7 heteroatoms. The molecule has 1 aliphatic rings. The van der Waals surface area contributed by atoms with Gasteiger partial charge >= 0.3 is 0 Å². The van der Waals surface area contributed by atoms with Crippen LogP contribution in [0.5, 0.6) is 0 Å². The summed E-state index contributed by atoms with van der Waals surface area (Å²) in [6.45, 7) is 0.378. The van der Waals surface area contributed by atoms with E-state index in [0.29, 0.717) is 23.1 Å². The SMILES string of the molecule is CN(C)S(=O)(=O)c1ccc(CNC(=O)CC2C=CCC2)s1. The summed E-state index contributed by atoms with van der Waals surface area (Å²) < 4.78 is 25.4. The van der Waals surface area contributed by atoms with Crippen LogP contribution in [0.1, 0.15) is 24.1 Å². The van der Waals surface area contributed by atoms with Gasteiger partial charge in [-0.05, 0) is 30.9 Å². The highest BCUT2D eigenvalue weighted by atomic mass is 32.2. The highest BCUT2D eigenvalue weighted by molar-refractivity contribution is 7.91. The molecule has 1 atom stereocenters. The molecule has 1 unspecified atom stereocenters. The van der Waals surface area contributed by atoms with Crippen molar-refractivity contribution in [1.82, 2.24) is 9.62 Å². The molecular weight excluding hydrogens is 308 g/mol. The maximum Gasteiger partial charge on any atom is 0.252 e. The lowest BCUT2D eigenvalue weighted by Gasteiger charge is -2.09. The van der Waals surface area contributed by atoms with E-state index in [0.717, 1.165) is 17.7 Å². The summed E-state index contributed by atoms with van der Waals surface area (Å²) in [5.41, 5.74) is 0. The third kappa shape index (κ3) is 4.15. The zero-order chi connectivity index (χ0) is 15.5. The minimum absolute atomic E-state index is 0.0111. The van der Waals surface area contributed by atoms with Gasteiger partial charge < -0.3 is 5.32 Å². The summed E-state index contributed by atoms with van der Waals surface area (Å²) in [5, 5.41) is 2.85. The molecule has 1 aliphatic carbocycles. The number of rotatable bonds is 6. The molecule has 1 heterocycles. The van der Waals surface area contributed by atoms with E-state index in [-0.39, 0.29) is 5.91 Å². The molecule has 0 saturated heterocycles. The van der Waals surface area contributed by atoms with E-state index in [4.69, 9.17) is 0 Å². The molecule has 2 rings (SSSR count). The first-order valence-corrected chi connectivity index (χ1v) is 9.10. The Morgan fingerprint density at radius 3 is 2.81 bits per heavy atom. The molecule has 1 amide bonds. The molecule has 0 aromatic carbocycles. The van der Waals surface area contributed by atoms with Crippen molar-refractivity contribution in [2.45, 2.75) is 30.0 Å². The van der Waals surface area contributed by atoms with Gasteiger partial charge in [0, 0.05) is 25.4 Å². The lowest BCUT2D eigenvalue weighted by atomic mass is 10.1. The van der Waals surface area contributed by atoms with Gasteiger partial charge in [0.15, 0.2) is 0 Å². The predicted octanol–water partition coefficient (Wildman–Crippen LogP) is 1.97. The van der Waals surface area contributed by atoms with Crippen LogP contribution >= 0.6 is 11.3 Å². The lowest BCUT2D eigenvalue weighted by Crippen LogP contribution is -2.24. The standard InChI is InChI=1S/C14H20N2O3S2/c1-16(2)21(18,19)14-8-7-12(20-14)10-15-13(17)9-11-5-3-4-6-11/h3,5,7-8,11H,4,6,9-10H2,1-2H3,(H,15,17). The Bertz CT molecular complexity index is 632. The Morgan fingerprint density at radius 1 is 1.43 bits per heavy atom. The summed E-state index contributed by atoms with van der Waals surface area (Å²) in [7, 11) is -0.372. The van der Waals surface area contributed by atoms with Crippen LogP contribution in [0.4, 0.5) is 0 Å². The maximum absolute atomic E-state index is 12.0. The number of thiophene rings is 1. The van der Waals surface area contributed by atoms with Crippen molar-refractivity contribution in [3.63, 3.8) is 0 Å². The topological polar surface area (TPSA) is 66.5 Å². The van der Waals surface area contributed by atoms with Gasteiger partial charge in [-0.1, -0.05) is 12.2 Å². The fraction of sp³-hybridized carbons (Fsp3) is 0.500. The van der Waals surface area contributed by atoms with Crippen molar-refractivity contribution < 1.29 is 13.2 Å². The Labute approximate surface area is 129 Å². The van der Waals surface area contributed by atoms with Gasteiger partial charge in [0.2, 0.25) is 5.91 Å². The van der Waals surface area contributed by atoms with E-state index in [1.165, 1.54) is 29.7 Å². The largest absolute Gasteiger partial charge is 0.351 e. The van der Waals surface area contributed by atoms with Crippen molar-refractivity contribution in [1.29, 1.82) is 0 Å². The molecule has 0 aliphatic heterocycles. The van der Waals surface area contributed by atoms with Gasteiger partial charge in [0.05, 0.1) is 6.54 Å². The Hall–Kier alpha value is -1.18. The second-order valence-electron chi connectivity index (χ2n) is 5.25. The van der Waals surface area contributed by atoms with Crippen LogP contribution in [0.2, 0.25) is 0 Å². The van der Waals surface area contributed by atoms with Crippen LogP contribution < -0.4 is 5.32 Å². The van der Waals surface area contributed by atoms with Gasteiger partial charge in [0.25, 0.3) is 10.0 Å². The van der Waals surface area contributed by atoms with Gasteiger partial charge in [-0.3, -0.25) is 4.79 Å². The number of allylic oxidation sites excluding steroid dienone is 2. The predicted molar refractivity (Wildman–Crippen MR) is 83.5 cm³/mol. The fourth-order valence-electron chi connectivity index (χ4n) is 2.13. The molecule has 0 bridgehead atoms. The number of carbonyl (C=O) groups is 1. The summed E-state index contributed by atoms with van der Waals surface area (Å²) in [5.74, 6) is 0.356. The first kappa shape index (κ1) is 16.2. The van der Waals surface area contributed by atoms with E-state index in [2.05, 4.69) is 17.5 Å². The first-order valence-electron chi connectivity index (χ1n) is 6.84. The van der Waals surface area contributed by atoms with Crippen molar-refractivity contribution >= 4 is 27.3 Å². The van der Waals surface area contributed by atoms with E-state index in [1.54, 1.807) is 12.1 Å². The minimum Gasteiger partial charge on any atom is -0.351 e. The molecule has 0 saturated carbocycles. The normalized spacial score (nSPS) is 18.3. The molecule has 0 spiro atoms. The second-order valence-corrected chi connectivity index (χ2v) is 8.80. The Kier molecular flexibility index (Phi) is 5.18. The monoisotopic (exact) mass is 328 g/mol. The average molecular weight is 328 g/mol. The summed E-state index contributed by atoms with van der Waals surface area (Å²) in [6.07, 6.45) is 6.79. The molecular formula is C14H20N2O3S2. The minimum atomic E-state index is -3.38. The number of hydrogen-bond acceptors (Lipinski definition) is 4. The zero-order valence-corrected chi connectivity index (χ0v) is 13.8. The second kappa shape index (κ2) is 6.72. The van der Waals surface area contributed by atoms with Crippen LogP contribution in [-0.4, -0.2) is 32.7 Å². The van der Waals surface area contributed by atoms with Crippen LogP contribution in [0.25, 0.3) is 0 Å². The highest BCUT2D eigenvalue weighted by Crippen LogP contribution is 2.24. The molecule has 5 nitrogen and oxygen atoms in total. The number of hydrogen-bond donors (Lipinski definition) is 1. The molecule has 0 radical (unpaired) electrons. The van der Waals surface area contributed by atoms with Gasteiger partial charge in [-0.15, -0.1) is 11.3 Å². The van der Waals surface area contributed by atoms with Crippen molar-refractivity contribution in [3.8, 4) is 0 Å². The van der Waals surface area contributed by atoms with E-state index >= 15 is 0 Å². The fourth-order valence-corrected chi connectivity index (χ4v) is 4.60. The number of nitrogens with zero attached hydrogens (tertiary/aromatic N) is 1. The summed E-state index contributed by atoms with van der Waals surface area (Å²) in [4.78, 5) is 12.7. The first-order chi connectivity index (χ1) is 9.89. The molecule has 21 heavy (non-hydrogen) atoms. The molecule has 0 fully saturated rings. The van der Waals surface area contributed by atoms with Crippen LogP contribution in [0.15, 0.2) is 28.5 Å². The maximum atomic E-state index is 12.0. The smallest absolute Gasteiger partial charge is 0.252 e. The van der Waals surface area contributed by atoms with Gasteiger partial charge in [-0.2, -0.15) is 0 Å². The number of carbonyl (C=O) groups excluding carboxylic acids is 1. The number of sulfonamides is 1. The van der Waals surface area contributed by atoms with Gasteiger partial charge in [0.1, 0.15) is 4.21 Å². The molecule has 1 aromatic rings. The highest BCUT2D eigenvalue weighted by Gasteiger charge is 2.20. The van der Waals surface area contributed by atoms with E-state index in [9.17, 15) is 13.2 Å². The van der Waals surface area contributed by atoms with E-state index in [1.807, 2.05) is 0 Å². The van der Waals surface area contributed by atoms with Crippen molar-refractivity contribution in [3.05, 3.63) is 29.2 Å². The van der Waals surface area contributed by atoms with Crippen LogP contribution in [0, 0.1) is 5.92 Å².